The molecule has 1 aromatic carbocycles. The first-order valence-electron chi connectivity index (χ1n) is 5.80. The predicted octanol–water partition coefficient (Wildman–Crippen LogP) is 2.07. The summed E-state index contributed by atoms with van der Waals surface area (Å²) < 4.78 is 0. The third-order valence-electron chi connectivity index (χ3n) is 3.46. The quantitative estimate of drug-likeness (QED) is 0.832. The molecule has 2 unspecified atom stereocenters. The molecule has 4 heteroatoms. The van der Waals surface area contributed by atoms with Crippen LogP contribution >= 0.6 is 11.6 Å². The topological polar surface area (TPSA) is 46.3 Å². The zero-order valence-corrected chi connectivity index (χ0v) is 10.9. The Balaban J connectivity index is 2.24. The number of hydrogen-bond acceptors (Lipinski definition) is 2. The third kappa shape index (κ3) is 2.31. The first-order chi connectivity index (χ1) is 8.00. The highest BCUT2D eigenvalue weighted by molar-refractivity contribution is 6.31. The maximum absolute atomic E-state index is 12.3. The van der Waals surface area contributed by atoms with E-state index in [2.05, 4.69) is 6.92 Å². The van der Waals surface area contributed by atoms with Crippen LogP contribution in [0.15, 0.2) is 18.2 Å². The number of nitrogens with two attached hydrogens (primary N) is 1. The van der Waals surface area contributed by atoms with Gasteiger partial charge in [-0.15, -0.1) is 0 Å². The van der Waals surface area contributed by atoms with Gasteiger partial charge in [0.25, 0.3) is 5.91 Å². The van der Waals surface area contributed by atoms with Crippen molar-refractivity contribution < 1.29 is 4.79 Å². The van der Waals surface area contributed by atoms with Gasteiger partial charge in [0.2, 0.25) is 0 Å². The molecule has 0 aliphatic carbocycles. The van der Waals surface area contributed by atoms with E-state index in [-0.39, 0.29) is 11.9 Å². The molecule has 3 nitrogen and oxygen atoms in total. The molecule has 1 aliphatic heterocycles. The second-order valence-electron chi connectivity index (χ2n) is 4.76. The molecule has 1 aliphatic rings. The second-order valence-corrected chi connectivity index (χ2v) is 5.17. The van der Waals surface area contributed by atoms with E-state index < -0.39 is 0 Å². The van der Waals surface area contributed by atoms with Crippen molar-refractivity contribution in [1.29, 1.82) is 0 Å². The fraction of sp³-hybridized carbons (Fsp3) is 0.462. The molecule has 0 spiro atoms. The Morgan fingerprint density at radius 3 is 2.76 bits per heavy atom. The lowest BCUT2D eigenvalue weighted by molar-refractivity contribution is 0.0786. The second kappa shape index (κ2) is 4.67. The van der Waals surface area contributed by atoms with E-state index in [1.54, 1.807) is 6.07 Å². The van der Waals surface area contributed by atoms with Crippen LogP contribution in [0.2, 0.25) is 5.02 Å². The summed E-state index contributed by atoms with van der Waals surface area (Å²) in [5.41, 5.74) is 7.45. The summed E-state index contributed by atoms with van der Waals surface area (Å²) >= 11 is 6.03. The van der Waals surface area contributed by atoms with Crippen molar-refractivity contribution in [3.8, 4) is 0 Å². The molecule has 2 atom stereocenters. The lowest BCUT2D eigenvalue weighted by Crippen LogP contribution is -2.32. The number of hydrogen-bond donors (Lipinski definition) is 1. The highest BCUT2D eigenvalue weighted by atomic mass is 35.5. The van der Waals surface area contributed by atoms with E-state index in [4.69, 9.17) is 17.3 Å². The van der Waals surface area contributed by atoms with Crippen molar-refractivity contribution in [3.05, 3.63) is 34.3 Å². The molecule has 17 heavy (non-hydrogen) atoms. The van der Waals surface area contributed by atoms with Gasteiger partial charge in [-0.1, -0.05) is 24.6 Å². The van der Waals surface area contributed by atoms with Gasteiger partial charge < -0.3 is 10.6 Å². The fourth-order valence-electron chi connectivity index (χ4n) is 2.17. The van der Waals surface area contributed by atoms with E-state index in [9.17, 15) is 4.79 Å². The minimum Gasteiger partial charge on any atom is -0.337 e. The summed E-state index contributed by atoms with van der Waals surface area (Å²) in [6, 6.07) is 5.50. The molecule has 0 saturated carbocycles. The van der Waals surface area contributed by atoms with Gasteiger partial charge in [-0.3, -0.25) is 4.79 Å². The summed E-state index contributed by atoms with van der Waals surface area (Å²) in [5, 5.41) is 0.632. The normalized spacial score (nSPS) is 24.1. The van der Waals surface area contributed by atoms with Gasteiger partial charge in [0, 0.05) is 29.7 Å². The van der Waals surface area contributed by atoms with Crippen LogP contribution in [0.1, 0.15) is 22.8 Å². The number of carbonyl (C=O) groups excluding carboxylic acids is 1. The van der Waals surface area contributed by atoms with Crippen LogP contribution in [-0.4, -0.2) is 29.9 Å². The van der Waals surface area contributed by atoms with Gasteiger partial charge in [0.1, 0.15) is 0 Å². The summed E-state index contributed by atoms with van der Waals surface area (Å²) in [7, 11) is 0. The lowest BCUT2D eigenvalue weighted by Gasteiger charge is -2.17. The number of benzene rings is 1. The average molecular weight is 253 g/mol. The number of halogens is 1. The Morgan fingerprint density at radius 1 is 1.47 bits per heavy atom. The molecule has 1 heterocycles. The van der Waals surface area contributed by atoms with E-state index in [0.717, 1.165) is 12.1 Å². The van der Waals surface area contributed by atoms with Crippen LogP contribution in [0.3, 0.4) is 0 Å². The molecular formula is C13H17ClN2O. The van der Waals surface area contributed by atoms with Crippen LogP contribution in [-0.2, 0) is 0 Å². The van der Waals surface area contributed by atoms with Gasteiger partial charge >= 0.3 is 0 Å². The maximum Gasteiger partial charge on any atom is 0.254 e. The number of carbonyl (C=O) groups is 1. The maximum atomic E-state index is 12.3. The lowest BCUT2D eigenvalue weighted by atomic mass is 10.1. The van der Waals surface area contributed by atoms with E-state index in [1.165, 1.54) is 0 Å². The van der Waals surface area contributed by atoms with Gasteiger partial charge in [-0.05, 0) is 30.5 Å². The summed E-state index contributed by atoms with van der Waals surface area (Å²) in [4.78, 5) is 14.1. The minimum atomic E-state index is 0.0322. The zero-order chi connectivity index (χ0) is 12.6. The summed E-state index contributed by atoms with van der Waals surface area (Å²) in [5.74, 6) is 0.392. The number of amides is 1. The summed E-state index contributed by atoms with van der Waals surface area (Å²) in [6.45, 7) is 5.30. The van der Waals surface area contributed by atoms with Crippen molar-refractivity contribution in [2.75, 3.05) is 13.1 Å². The highest BCUT2D eigenvalue weighted by Gasteiger charge is 2.30. The van der Waals surface area contributed by atoms with Crippen LogP contribution in [0.25, 0.3) is 0 Å². The molecular weight excluding hydrogens is 236 g/mol. The molecule has 0 radical (unpaired) electrons. The standard InChI is InChI=1S/C13H17ClN2O/c1-8-6-16(7-12(8)15)13(17)10-4-3-5-11(14)9(10)2/h3-5,8,12H,6-7,15H2,1-2H3. The van der Waals surface area contributed by atoms with Gasteiger partial charge in [-0.2, -0.15) is 0 Å². The fourth-order valence-corrected chi connectivity index (χ4v) is 2.34. The highest BCUT2D eigenvalue weighted by Crippen LogP contribution is 2.23. The molecule has 92 valence electrons. The van der Waals surface area contributed by atoms with Crippen LogP contribution in [0.5, 0.6) is 0 Å². The van der Waals surface area contributed by atoms with Crippen molar-refractivity contribution >= 4 is 17.5 Å². The van der Waals surface area contributed by atoms with E-state index in [0.29, 0.717) is 23.0 Å². The first kappa shape index (κ1) is 12.4. The molecule has 2 N–H and O–H groups in total. The Labute approximate surface area is 107 Å². The summed E-state index contributed by atoms with van der Waals surface area (Å²) in [6.07, 6.45) is 0. The molecule has 1 saturated heterocycles. The predicted molar refractivity (Wildman–Crippen MR) is 69.2 cm³/mol. The monoisotopic (exact) mass is 252 g/mol. The van der Waals surface area contributed by atoms with Crippen molar-refractivity contribution in [1.82, 2.24) is 4.90 Å². The van der Waals surface area contributed by atoms with Crippen molar-refractivity contribution in [3.63, 3.8) is 0 Å². The van der Waals surface area contributed by atoms with Gasteiger partial charge in [0.05, 0.1) is 0 Å². The molecule has 2 rings (SSSR count). The average Bonchev–Trinajstić information content (AvgIpc) is 2.62. The largest absolute Gasteiger partial charge is 0.337 e. The Bertz CT molecular complexity index is 437. The SMILES string of the molecule is Cc1c(Cl)cccc1C(=O)N1CC(C)C(N)C1. The Hall–Kier alpha value is -1.06. The Kier molecular flexibility index (Phi) is 3.40. The molecule has 1 fully saturated rings. The number of likely N-dealkylation sites (tertiary alicyclic amines) is 1. The van der Waals surface area contributed by atoms with Crippen molar-refractivity contribution in [2.24, 2.45) is 11.7 Å². The first-order valence-corrected chi connectivity index (χ1v) is 6.18. The Morgan fingerprint density at radius 2 is 2.18 bits per heavy atom. The third-order valence-corrected chi connectivity index (χ3v) is 3.87. The van der Waals surface area contributed by atoms with E-state index >= 15 is 0 Å². The zero-order valence-electron chi connectivity index (χ0n) is 10.1. The van der Waals surface area contributed by atoms with Crippen LogP contribution in [0.4, 0.5) is 0 Å². The van der Waals surface area contributed by atoms with Gasteiger partial charge in [0.15, 0.2) is 0 Å². The molecule has 0 bridgehead atoms. The minimum absolute atomic E-state index is 0.0322. The molecule has 1 aromatic rings. The molecule has 0 aromatic heterocycles. The van der Waals surface area contributed by atoms with Gasteiger partial charge in [-0.25, -0.2) is 0 Å². The smallest absolute Gasteiger partial charge is 0.254 e. The number of rotatable bonds is 1. The van der Waals surface area contributed by atoms with Crippen LogP contribution < -0.4 is 5.73 Å². The van der Waals surface area contributed by atoms with Crippen LogP contribution in [0, 0.1) is 12.8 Å². The van der Waals surface area contributed by atoms with Crippen molar-refractivity contribution in [2.45, 2.75) is 19.9 Å². The number of nitrogens with zero attached hydrogens (tertiary/aromatic N) is 1. The molecule has 1 amide bonds. The van der Waals surface area contributed by atoms with E-state index in [1.807, 2.05) is 24.0 Å².